The fourth-order valence-corrected chi connectivity index (χ4v) is 2.67. The van der Waals surface area contributed by atoms with Gasteiger partial charge in [-0.25, -0.2) is 0 Å². The van der Waals surface area contributed by atoms with E-state index in [1.807, 2.05) is 0 Å². The number of anilines is 1. The quantitative estimate of drug-likeness (QED) is 0.794. The van der Waals surface area contributed by atoms with E-state index < -0.39 is 5.60 Å². The van der Waals surface area contributed by atoms with E-state index in [0.29, 0.717) is 11.3 Å². The zero-order valence-electron chi connectivity index (χ0n) is 12.3. The predicted molar refractivity (Wildman–Crippen MR) is 81.1 cm³/mol. The lowest BCUT2D eigenvalue weighted by atomic mass is 9.85. The van der Waals surface area contributed by atoms with Gasteiger partial charge >= 0.3 is 0 Å². The van der Waals surface area contributed by atoms with Crippen molar-refractivity contribution in [2.45, 2.75) is 44.6 Å². The van der Waals surface area contributed by atoms with E-state index in [-0.39, 0.29) is 18.4 Å². The largest absolute Gasteiger partial charge is 0.388 e. The Kier molecular flexibility index (Phi) is 4.96. The molecule has 0 radical (unpaired) electrons. The van der Waals surface area contributed by atoms with Crippen molar-refractivity contribution in [3.05, 3.63) is 29.8 Å². The third-order valence-electron chi connectivity index (χ3n) is 3.81. The van der Waals surface area contributed by atoms with Crippen molar-refractivity contribution in [3.8, 4) is 0 Å². The van der Waals surface area contributed by atoms with E-state index in [4.69, 9.17) is 0 Å². The third-order valence-corrected chi connectivity index (χ3v) is 3.81. The van der Waals surface area contributed by atoms with Crippen molar-refractivity contribution in [2.24, 2.45) is 0 Å². The van der Waals surface area contributed by atoms with Crippen LogP contribution in [0.1, 0.15) is 49.4 Å². The Hall–Kier alpha value is -1.88. The predicted octanol–water partition coefficient (Wildman–Crippen LogP) is 2.07. The number of hydrogen-bond acceptors (Lipinski definition) is 3. The normalized spacial score (nSPS) is 17.0. The molecule has 1 aliphatic rings. The molecule has 2 amide bonds. The summed E-state index contributed by atoms with van der Waals surface area (Å²) in [6, 6.07) is 6.76. The van der Waals surface area contributed by atoms with Crippen molar-refractivity contribution in [1.29, 1.82) is 0 Å². The molecule has 0 aromatic heterocycles. The van der Waals surface area contributed by atoms with E-state index in [1.165, 1.54) is 6.92 Å². The van der Waals surface area contributed by atoms with Gasteiger partial charge in [0.2, 0.25) is 5.91 Å². The molecule has 0 spiro atoms. The fourth-order valence-electron chi connectivity index (χ4n) is 2.67. The number of nitrogens with one attached hydrogen (secondary N) is 2. The summed E-state index contributed by atoms with van der Waals surface area (Å²) in [6.45, 7) is 1.70. The lowest BCUT2D eigenvalue weighted by molar-refractivity contribution is -0.114. The van der Waals surface area contributed by atoms with E-state index >= 15 is 0 Å². The topological polar surface area (TPSA) is 78.4 Å². The molecule has 0 saturated heterocycles. The summed E-state index contributed by atoms with van der Waals surface area (Å²) >= 11 is 0. The van der Waals surface area contributed by atoms with Crippen LogP contribution in [0.2, 0.25) is 0 Å². The SMILES string of the molecule is CC(=O)Nc1cccc(C(=O)NCC2(O)CCCCC2)c1. The molecule has 0 unspecified atom stereocenters. The molecule has 3 N–H and O–H groups in total. The Morgan fingerprint density at radius 3 is 2.62 bits per heavy atom. The molecule has 21 heavy (non-hydrogen) atoms. The molecule has 0 aliphatic heterocycles. The third kappa shape index (κ3) is 4.56. The van der Waals surface area contributed by atoms with Gasteiger partial charge in [0.25, 0.3) is 5.91 Å². The summed E-state index contributed by atoms with van der Waals surface area (Å²) in [5, 5.41) is 15.8. The molecule has 1 aromatic rings. The molecule has 1 aromatic carbocycles. The van der Waals surface area contributed by atoms with E-state index in [1.54, 1.807) is 24.3 Å². The van der Waals surface area contributed by atoms with Crippen LogP contribution in [-0.2, 0) is 4.79 Å². The Morgan fingerprint density at radius 2 is 1.95 bits per heavy atom. The van der Waals surface area contributed by atoms with Gasteiger partial charge in [-0.1, -0.05) is 25.3 Å². The highest BCUT2D eigenvalue weighted by atomic mass is 16.3. The van der Waals surface area contributed by atoms with Crippen LogP contribution in [0.15, 0.2) is 24.3 Å². The molecule has 0 heterocycles. The van der Waals surface area contributed by atoms with Gasteiger partial charge in [-0.15, -0.1) is 0 Å². The van der Waals surface area contributed by atoms with Crippen LogP contribution in [0.5, 0.6) is 0 Å². The first-order chi connectivity index (χ1) is 9.98. The lowest BCUT2D eigenvalue weighted by Crippen LogP contribution is -2.44. The van der Waals surface area contributed by atoms with Crippen molar-refractivity contribution in [1.82, 2.24) is 5.32 Å². The molecular weight excluding hydrogens is 268 g/mol. The van der Waals surface area contributed by atoms with E-state index in [2.05, 4.69) is 10.6 Å². The van der Waals surface area contributed by atoms with Gasteiger partial charge in [-0.2, -0.15) is 0 Å². The number of aliphatic hydroxyl groups is 1. The molecule has 5 heteroatoms. The van der Waals surface area contributed by atoms with Crippen LogP contribution in [0.4, 0.5) is 5.69 Å². The van der Waals surface area contributed by atoms with Gasteiger partial charge in [0.05, 0.1) is 5.60 Å². The minimum Gasteiger partial charge on any atom is -0.388 e. The van der Waals surface area contributed by atoms with E-state index in [0.717, 1.165) is 32.1 Å². The maximum atomic E-state index is 12.1. The molecule has 1 fully saturated rings. The maximum absolute atomic E-state index is 12.1. The molecule has 0 bridgehead atoms. The number of carbonyl (C=O) groups excluding carboxylic acids is 2. The summed E-state index contributed by atoms with van der Waals surface area (Å²) in [7, 11) is 0. The number of carbonyl (C=O) groups is 2. The summed E-state index contributed by atoms with van der Waals surface area (Å²) in [5.74, 6) is -0.412. The second-order valence-corrected chi connectivity index (χ2v) is 5.73. The van der Waals surface area contributed by atoms with Crippen molar-refractivity contribution in [2.75, 3.05) is 11.9 Å². The van der Waals surface area contributed by atoms with Gasteiger partial charge in [-0.3, -0.25) is 9.59 Å². The average molecular weight is 290 g/mol. The van der Waals surface area contributed by atoms with Gasteiger partial charge in [-0.05, 0) is 31.0 Å². The van der Waals surface area contributed by atoms with Crippen LogP contribution in [-0.4, -0.2) is 29.1 Å². The summed E-state index contributed by atoms with van der Waals surface area (Å²) in [4.78, 5) is 23.2. The number of hydrogen-bond donors (Lipinski definition) is 3. The summed E-state index contributed by atoms with van der Waals surface area (Å²) in [6.07, 6.45) is 4.63. The molecule has 1 aliphatic carbocycles. The molecule has 5 nitrogen and oxygen atoms in total. The Balaban J connectivity index is 1.95. The second-order valence-electron chi connectivity index (χ2n) is 5.73. The highest BCUT2D eigenvalue weighted by Crippen LogP contribution is 2.27. The first-order valence-electron chi connectivity index (χ1n) is 7.37. The molecular formula is C16H22N2O3. The number of rotatable bonds is 4. The molecule has 114 valence electrons. The van der Waals surface area contributed by atoms with Crippen molar-refractivity contribution >= 4 is 17.5 Å². The van der Waals surface area contributed by atoms with Crippen LogP contribution in [0.25, 0.3) is 0 Å². The van der Waals surface area contributed by atoms with Crippen molar-refractivity contribution < 1.29 is 14.7 Å². The van der Waals surface area contributed by atoms with Crippen LogP contribution in [0, 0.1) is 0 Å². The highest BCUT2D eigenvalue weighted by molar-refractivity contribution is 5.96. The minimum absolute atomic E-state index is 0.177. The monoisotopic (exact) mass is 290 g/mol. The Bertz CT molecular complexity index is 522. The fraction of sp³-hybridized carbons (Fsp3) is 0.500. The molecule has 2 rings (SSSR count). The van der Waals surface area contributed by atoms with Gasteiger partial charge in [0, 0.05) is 24.7 Å². The van der Waals surface area contributed by atoms with Gasteiger partial charge in [0.1, 0.15) is 0 Å². The summed E-state index contributed by atoms with van der Waals surface area (Å²) < 4.78 is 0. The second kappa shape index (κ2) is 6.72. The van der Waals surface area contributed by atoms with E-state index in [9.17, 15) is 14.7 Å². The van der Waals surface area contributed by atoms with Crippen molar-refractivity contribution in [3.63, 3.8) is 0 Å². The number of amides is 2. The van der Waals surface area contributed by atoms with Crippen LogP contribution >= 0.6 is 0 Å². The van der Waals surface area contributed by atoms with Crippen LogP contribution in [0.3, 0.4) is 0 Å². The Labute approximate surface area is 124 Å². The highest BCUT2D eigenvalue weighted by Gasteiger charge is 2.29. The van der Waals surface area contributed by atoms with Crippen LogP contribution < -0.4 is 10.6 Å². The molecule has 0 atom stereocenters. The first-order valence-corrected chi connectivity index (χ1v) is 7.37. The van der Waals surface area contributed by atoms with Gasteiger partial charge < -0.3 is 15.7 Å². The average Bonchev–Trinajstić information content (AvgIpc) is 2.45. The standard InChI is InChI=1S/C16H22N2O3/c1-12(19)18-14-7-5-6-13(10-14)15(20)17-11-16(21)8-3-2-4-9-16/h5-7,10,21H,2-4,8-9,11H2,1H3,(H,17,20)(H,18,19). The zero-order valence-corrected chi connectivity index (χ0v) is 12.3. The van der Waals surface area contributed by atoms with Gasteiger partial charge in [0.15, 0.2) is 0 Å². The number of benzene rings is 1. The minimum atomic E-state index is -0.775. The zero-order chi connectivity index (χ0) is 15.3. The summed E-state index contributed by atoms with van der Waals surface area (Å²) in [5.41, 5.74) is 0.288. The Morgan fingerprint density at radius 1 is 1.24 bits per heavy atom. The molecule has 1 saturated carbocycles. The first kappa shape index (κ1) is 15.5. The maximum Gasteiger partial charge on any atom is 0.251 e. The smallest absolute Gasteiger partial charge is 0.251 e. The lowest BCUT2D eigenvalue weighted by Gasteiger charge is -2.32.